The van der Waals surface area contributed by atoms with Crippen LogP contribution in [0.2, 0.25) is 0 Å². The van der Waals surface area contributed by atoms with Crippen LogP contribution in [0.15, 0.2) is 22.7 Å². The highest BCUT2D eigenvalue weighted by atomic mass is 79.9. The van der Waals surface area contributed by atoms with Gasteiger partial charge in [-0.05, 0) is 30.7 Å². The number of ketones is 1. The van der Waals surface area contributed by atoms with Crippen LogP contribution in [0.5, 0.6) is 0 Å². The summed E-state index contributed by atoms with van der Waals surface area (Å²) < 4.78 is 14.1. The highest BCUT2D eigenvalue weighted by Crippen LogP contribution is 2.19. The Morgan fingerprint density at radius 2 is 2.25 bits per heavy atom. The summed E-state index contributed by atoms with van der Waals surface area (Å²) in [4.78, 5) is 11.8. The van der Waals surface area contributed by atoms with Gasteiger partial charge in [-0.15, -0.1) is 0 Å². The summed E-state index contributed by atoms with van der Waals surface area (Å²) in [5.74, 6) is -0.526. The molecule has 0 aliphatic rings. The van der Waals surface area contributed by atoms with E-state index >= 15 is 0 Å². The van der Waals surface area contributed by atoms with Gasteiger partial charge >= 0.3 is 0 Å². The molecule has 0 spiro atoms. The maximum Gasteiger partial charge on any atom is 0.166 e. The van der Waals surface area contributed by atoms with E-state index in [0.29, 0.717) is 17.4 Å². The van der Waals surface area contributed by atoms with Crippen LogP contribution >= 0.6 is 15.9 Å². The molecule has 0 saturated heterocycles. The molecule has 0 fully saturated rings. The van der Waals surface area contributed by atoms with E-state index in [4.69, 9.17) is 5.73 Å². The van der Waals surface area contributed by atoms with Gasteiger partial charge in [-0.2, -0.15) is 0 Å². The fourth-order valence-corrected chi connectivity index (χ4v) is 1.84. The van der Waals surface area contributed by atoms with E-state index in [1.165, 1.54) is 12.1 Å². The van der Waals surface area contributed by atoms with Crippen molar-refractivity contribution < 1.29 is 9.18 Å². The molecule has 0 aliphatic carbocycles. The molecule has 1 unspecified atom stereocenters. The standard InChI is InChI=1S/C12H15BrFNO/c1-2-8(7-15)5-12(16)10-6-9(13)3-4-11(10)14/h3-4,6,8H,2,5,7,15H2,1H3. The third kappa shape index (κ3) is 3.39. The van der Waals surface area contributed by atoms with E-state index in [0.717, 1.165) is 6.42 Å². The number of rotatable bonds is 5. The Kier molecular flexibility index (Phi) is 5.09. The van der Waals surface area contributed by atoms with Crippen molar-refractivity contribution in [1.29, 1.82) is 0 Å². The number of hydrogen-bond donors (Lipinski definition) is 1. The minimum absolute atomic E-state index is 0.130. The van der Waals surface area contributed by atoms with E-state index in [9.17, 15) is 9.18 Å². The maximum atomic E-state index is 13.4. The number of hydrogen-bond acceptors (Lipinski definition) is 2. The molecule has 1 aromatic rings. The van der Waals surface area contributed by atoms with Gasteiger partial charge in [-0.1, -0.05) is 29.3 Å². The van der Waals surface area contributed by atoms with Crippen LogP contribution in [-0.2, 0) is 0 Å². The fraction of sp³-hybridized carbons (Fsp3) is 0.417. The maximum absolute atomic E-state index is 13.4. The molecule has 0 saturated carbocycles. The topological polar surface area (TPSA) is 43.1 Å². The first-order valence-corrected chi connectivity index (χ1v) is 6.06. The third-order valence-corrected chi connectivity index (χ3v) is 3.11. The second kappa shape index (κ2) is 6.11. The van der Waals surface area contributed by atoms with Crippen LogP contribution in [-0.4, -0.2) is 12.3 Å². The number of halogens is 2. The first-order valence-electron chi connectivity index (χ1n) is 5.26. The minimum atomic E-state index is -0.472. The highest BCUT2D eigenvalue weighted by Gasteiger charge is 2.16. The number of carbonyl (C=O) groups is 1. The quantitative estimate of drug-likeness (QED) is 0.846. The van der Waals surface area contributed by atoms with Gasteiger partial charge in [0.15, 0.2) is 5.78 Å². The number of benzene rings is 1. The Labute approximate surface area is 103 Å². The molecule has 0 aromatic heterocycles. The Morgan fingerprint density at radius 3 is 2.81 bits per heavy atom. The van der Waals surface area contributed by atoms with Gasteiger partial charge in [0, 0.05) is 10.9 Å². The van der Waals surface area contributed by atoms with Gasteiger partial charge in [0.05, 0.1) is 5.56 Å². The third-order valence-electron chi connectivity index (χ3n) is 2.61. The molecule has 0 aliphatic heterocycles. The molecule has 0 heterocycles. The Bertz CT molecular complexity index is 377. The summed E-state index contributed by atoms with van der Waals surface area (Å²) in [5.41, 5.74) is 5.66. The SMILES string of the molecule is CCC(CN)CC(=O)c1cc(Br)ccc1F. The molecule has 1 rings (SSSR count). The second-order valence-electron chi connectivity index (χ2n) is 3.76. The summed E-state index contributed by atoms with van der Waals surface area (Å²) in [6, 6.07) is 4.38. The first-order chi connectivity index (χ1) is 7.58. The van der Waals surface area contributed by atoms with Crippen molar-refractivity contribution >= 4 is 21.7 Å². The zero-order chi connectivity index (χ0) is 12.1. The zero-order valence-electron chi connectivity index (χ0n) is 9.17. The Balaban J connectivity index is 2.83. The second-order valence-corrected chi connectivity index (χ2v) is 4.68. The van der Waals surface area contributed by atoms with Crippen molar-refractivity contribution in [3.8, 4) is 0 Å². The van der Waals surface area contributed by atoms with E-state index in [2.05, 4.69) is 15.9 Å². The number of nitrogens with two attached hydrogens (primary N) is 1. The molecule has 2 nitrogen and oxygen atoms in total. The van der Waals surface area contributed by atoms with Gasteiger partial charge in [0.25, 0.3) is 0 Å². The highest BCUT2D eigenvalue weighted by molar-refractivity contribution is 9.10. The molecule has 0 amide bonds. The van der Waals surface area contributed by atoms with Crippen molar-refractivity contribution in [2.45, 2.75) is 19.8 Å². The van der Waals surface area contributed by atoms with Crippen LogP contribution in [0, 0.1) is 11.7 Å². The average molecular weight is 288 g/mol. The van der Waals surface area contributed by atoms with Crippen molar-refractivity contribution in [3.63, 3.8) is 0 Å². The van der Waals surface area contributed by atoms with Gasteiger partial charge in [-0.3, -0.25) is 4.79 Å². The summed E-state index contributed by atoms with van der Waals surface area (Å²) in [6.45, 7) is 2.43. The van der Waals surface area contributed by atoms with Gasteiger partial charge in [0.2, 0.25) is 0 Å². The lowest BCUT2D eigenvalue weighted by atomic mass is 9.96. The molecule has 16 heavy (non-hydrogen) atoms. The Morgan fingerprint density at radius 1 is 1.56 bits per heavy atom. The normalized spacial score (nSPS) is 12.5. The monoisotopic (exact) mass is 287 g/mol. The molecular weight excluding hydrogens is 273 g/mol. The number of carbonyl (C=O) groups excluding carboxylic acids is 1. The fourth-order valence-electron chi connectivity index (χ4n) is 1.48. The molecular formula is C12H15BrFNO. The van der Waals surface area contributed by atoms with Crippen LogP contribution in [0.25, 0.3) is 0 Å². The Hall–Kier alpha value is -0.740. The smallest absolute Gasteiger partial charge is 0.166 e. The van der Waals surface area contributed by atoms with Crippen molar-refractivity contribution in [2.75, 3.05) is 6.54 Å². The molecule has 0 bridgehead atoms. The predicted molar refractivity (Wildman–Crippen MR) is 65.9 cm³/mol. The molecule has 1 aromatic carbocycles. The summed E-state index contributed by atoms with van der Waals surface area (Å²) in [7, 11) is 0. The van der Waals surface area contributed by atoms with Crippen molar-refractivity contribution in [3.05, 3.63) is 34.1 Å². The van der Waals surface area contributed by atoms with Gasteiger partial charge in [0.1, 0.15) is 5.82 Å². The van der Waals surface area contributed by atoms with Crippen molar-refractivity contribution in [1.82, 2.24) is 0 Å². The van der Waals surface area contributed by atoms with Crippen LogP contribution in [0.4, 0.5) is 4.39 Å². The lowest BCUT2D eigenvalue weighted by Crippen LogP contribution is -2.18. The zero-order valence-corrected chi connectivity index (χ0v) is 10.8. The van der Waals surface area contributed by atoms with Crippen LogP contribution in [0.3, 0.4) is 0 Å². The number of Topliss-reactive ketones (excluding diaryl/α,β-unsaturated/α-hetero) is 1. The van der Waals surface area contributed by atoms with Crippen LogP contribution in [0.1, 0.15) is 30.1 Å². The lowest BCUT2D eigenvalue weighted by Gasteiger charge is -2.11. The largest absolute Gasteiger partial charge is 0.330 e. The minimum Gasteiger partial charge on any atom is -0.330 e. The first kappa shape index (κ1) is 13.3. The average Bonchev–Trinajstić information content (AvgIpc) is 2.28. The molecule has 4 heteroatoms. The van der Waals surface area contributed by atoms with Crippen LogP contribution < -0.4 is 5.73 Å². The summed E-state index contributed by atoms with van der Waals surface area (Å²) in [6.07, 6.45) is 1.14. The van der Waals surface area contributed by atoms with E-state index < -0.39 is 5.82 Å². The lowest BCUT2D eigenvalue weighted by molar-refractivity contribution is 0.0957. The molecule has 1 atom stereocenters. The predicted octanol–water partition coefficient (Wildman–Crippen LogP) is 3.15. The molecule has 0 radical (unpaired) electrons. The summed E-state index contributed by atoms with van der Waals surface area (Å²) >= 11 is 3.22. The van der Waals surface area contributed by atoms with Gasteiger partial charge in [-0.25, -0.2) is 4.39 Å². The van der Waals surface area contributed by atoms with E-state index in [1.54, 1.807) is 6.07 Å². The van der Waals surface area contributed by atoms with Gasteiger partial charge < -0.3 is 5.73 Å². The van der Waals surface area contributed by atoms with E-state index in [1.807, 2.05) is 6.92 Å². The molecule has 88 valence electrons. The molecule has 2 N–H and O–H groups in total. The summed E-state index contributed by atoms with van der Waals surface area (Å²) in [5, 5.41) is 0. The van der Waals surface area contributed by atoms with Crippen molar-refractivity contribution in [2.24, 2.45) is 11.7 Å². The van der Waals surface area contributed by atoms with E-state index in [-0.39, 0.29) is 17.3 Å².